The van der Waals surface area contributed by atoms with E-state index in [4.69, 9.17) is 4.74 Å². The Bertz CT molecular complexity index is 1090. The van der Waals surface area contributed by atoms with Gasteiger partial charge < -0.3 is 19.9 Å². The molecule has 170 valence electrons. The van der Waals surface area contributed by atoms with Crippen molar-refractivity contribution in [1.82, 2.24) is 4.90 Å². The van der Waals surface area contributed by atoms with Crippen LogP contribution in [0.15, 0.2) is 78.9 Å². The average Bonchev–Trinajstić information content (AvgIpc) is 2.85. The average molecular weight is 444 g/mol. The van der Waals surface area contributed by atoms with Gasteiger partial charge in [-0.25, -0.2) is 0 Å². The van der Waals surface area contributed by atoms with E-state index in [0.717, 1.165) is 17.1 Å². The summed E-state index contributed by atoms with van der Waals surface area (Å²) < 4.78 is 5.65. The van der Waals surface area contributed by atoms with Crippen LogP contribution in [0.25, 0.3) is 0 Å². The molecule has 0 unspecified atom stereocenters. The van der Waals surface area contributed by atoms with E-state index in [9.17, 15) is 9.59 Å². The fourth-order valence-corrected chi connectivity index (χ4v) is 3.92. The Kier molecular flexibility index (Phi) is 6.93. The first-order valence-electron chi connectivity index (χ1n) is 11.3. The van der Waals surface area contributed by atoms with Crippen molar-refractivity contribution in [2.75, 3.05) is 36.4 Å². The van der Waals surface area contributed by atoms with Gasteiger partial charge in [0.2, 0.25) is 0 Å². The Hall–Kier alpha value is -3.80. The van der Waals surface area contributed by atoms with Gasteiger partial charge in [-0.1, -0.05) is 30.3 Å². The second-order valence-corrected chi connectivity index (χ2v) is 8.31. The highest BCUT2D eigenvalue weighted by Gasteiger charge is 2.23. The number of ether oxygens (including phenoxy) is 1. The molecular weight excluding hydrogens is 414 g/mol. The van der Waals surface area contributed by atoms with Gasteiger partial charge in [-0.05, 0) is 62.4 Å². The minimum absolute atomic E-state index is 0.0572. The summed E-state index contributed by atoms with van der Waals surface area (Å²) >= 11 is 0. The van der Waals surface area contributed by atoms with E-state index >= 15 is 0 Å². The molecule has 0 saturated carbocycles. The molecule has 1 N–H and O–H groups in total. The Morgan fingerprint density at radius 1 is 0.788 bits per heavy atom. The van der Waals surface area contributed by atoms with Gasteiger partial charge in [-0.2, -0.15) is 0 Å². The van der Waals surface area contributed by atoms with Gasteiger partial charge in [-0.15, -0.1) is 0 Å². The Labute approximate surface area is 194 Å². The molecule has 1 heterocycles. The second-order valence-electron chi connectivity index (χ2n) is 8.31. The van der Waals surface area contributed by atoms with Gasteiger partial charge in [0.05, 0.1) is 17.5 Å². The van der Waals surface area contributed by atoms with Crippen LogP contribution in [0.3, 0.4) is 0 Å². The van der Waals surface area contributed by atoms with E-state index in [1.807, 2.05) is 85.5 Å². The summed E-state index contributed by atoms with van der Waals surface area (Å²) in [5, 5.41) is 3.04. The van der Waals surface area contributed by atoms with Crippen molar-refractivity contribution in [2.45, 2.75) is 20.0 Å². The summed E-state index contributed by atoms with van der Waals surface area (Å²) in [6.07, 6.45) is 0.0833. The fourth-order valence-electron chi connectivity index (χ4n) is 3.92. The predicted octanol–water partition coefficient (Wildman–Crippen LogP) is 4.69. The highest BCUT2D eigenvalue weighted by atomic mass is 16.5. The lowest BCUT2D eigenvalue weighted by Crippen LogP contribution is -2.49. The Morgan fingerprint density at radius 3 is 2.09 bits per heavy atom. The summed E-state index contributed by atoms with van der Waals surface area (Å²) in [6, 6.07) is 24.3. The molecule has 0 atom stereocenters. The number of anilines is 2. The molecule has 1 aliphatic heterocycles. The number of rotatable bonds is 6. The van der Waals surface area contributed by atoms with Gasteiger partial charge in [0.1, 0.15) is 5.75 Å². The molecule has 2 amide bonds. The SMILES string of the molecule is CC(C)Oc1ccc(C(=O)Nc2ccccc2N2CCN(C(=O)c3ccccc3)CC2)cc1. The number of piperazine rings is 1. The highest BCUT2D eigenvalue weighted by Crippen LogP contribution is 2.27. The van der Waals surface area contributed by atoms with Gasteiger partial charge >= 0.3 is 0 Å². The van der Waals surface area contributed by atoms with E-state index in [-0.39, 0.29) is 17.9 Å². The van der Waals surface area contributed by atoms with Crippen LogP contribution in [0.1, 0.15) is 34.6 Å². The van der Waals surface area contributed by atoms with Gasteiger partial charge in [0.15, 0.2) is 0 Å². The summed E-state index contributed by atoms with van der Waals surface area (Å²) in [4.78, 5) is 29.7. The van der Waals surface area contributed by atoms with Crippen molar-refractivity contribution < 1.29 is 14.3 Å². The molecule has 6 heteroatoms. The largest absolute Gasteiger partial charge is 0.491 e. The molecule has 33 heavy (non-hydrogen) atoms. The molecule has 1 fully saturated rings. The maximum Gasteiger partial charge on any atom is 0.255 e. The molecular formula is C27H29N3O3. The number of hydrogen-bond acceptors (Lipinski definition) is 4. The number of nitrogens with one attached hydrogen (secondary N) is 1. The van der Waals surface area contributed by atoms with Gasteiger partial charge in [0, 0.05) is 37.3 Å². The number of amides is 2. The van der Waals surface area contributed by atoms with E-state index in [1.165, 1.54) is 0 Å². The van der Waals surface area contributed by atoms with Crippen LogP contribution in [-0.2, 0) is 0 Å². The molecule has 0 aliphatic carbocycles. The lowest BCUT2D eigenvalue weighted by molar-refractivity contribution is 0.0746. The molecule has 1 saturated heterocycles. The zero-order valence-electron chi connectivity index (χ0n) is 19.0. The molecule has 0 radical (unpaired) electrons. The van der Waals surface area contributed by atoms with Crippen LogP contribution in [0.5, 0.6) is 5.75 Å². The minimum atomic E-state index is -0.170. The zero-order valence-corrected chi connectivity index (χ0v) is 19.0. The third-order valence-electron chi connectivity index (χ3n) is 5.57. The van der Waals surface area contributed by atoms with Crippen LogP contribution in [0.2, 0.25) is 0 Å². The maximum atomic E-state index is 12.9. The summed E-state index contributed by atoms with van der Waals surface area (Å²) in [6.45, 7) is 6.60. The van der Waals surface area contributed by atoms with E-state index < -0.39 is 0 Å². The molecule has 0 aromatic heterocycles. The summed E-state index contributed by atoms with van der Waals surface area (Å²) in [7, 11) is 0. The maximum absolute atomic E-state index is 12.9. The number of carbonyl (C=O) groups is 2. The number of carbonyl (C=O) groups excluding carboxylic acids is 2. The Balaban J connectivity index is 1.41. The summed E-state index contributed by atoms with van der Waals surface area (Å²) in [5.41, 5.74) is 2.99. The quantitative estimate of drug-likeness (QED) is 0.601. The first kappa shape index (κ1) is 22.4. The van der Waals surface area contributed by atoms with Crippen LogP contribution in [0.4, 0.5) is 11.4 Å². The third-order valence-corrected chi connectivity index (χ3v) is 5.57. The number of benzene rings is 3. The zero-order chi connectivity index (χ0) is 23.2. The van der Waals surface area contributed by atoms with Crippen molar-refractivity contribution in [1.29, 1.82) is 0 Å². The van der Waals surface area contributed by atoms with Crippen molar-refractivity contribution >= 4 is 23.2 Å². The number of hydrogen-bond donors (Lipinski definition) is 1. The topological polar surface area (TPSA) is 61.9 Å². The smallest absolute Gasteiger partial charge is 0.255 e. The molecule has 0 bridgehead atoms. The number of para-hydroxylation sites is 2. The molecule has 4 rings (SSSR count). The van der Waals surface area contributed by atoms with Crippen LogP contribution in [-0.4, -0.2) is 49.0 Å². The first-order valence-corrected chi connectivity index (χ1v) is 11.3. The van der Waals surface area contributed by atoms with Gasteiger partial charge in [-0.3, -0.25) is 9.59 Å². The fraction of sp³-hybridized carbons (Fsp3) is 0.259. The molecule has 3 aromatic rings. The van der Waals surface area contributed by atoms with Crippen molar-refractivity contribution in [3.8, 4) is 5.75 Å². The van der Waals surface area contributed by atoms with Crippen molar-refractivity contribution in [3.63, 3.8) is 0 Å². The van der Waals surface area contributed by atoms with E-state index in [1.54, 1.807) is 12.1 Å². The minimum Gasteiger partial charge on any atom is -0.491 e. The third kappa shape index (κ3) is 5.52. The standard InChI is InChI=1S/C27H29N3O3/c1-20(2)33-23-14-12-21(13-15-23)26(31)28-24-10-6-7-11-25(24)29-16-18-30(19-17-29)27(32)22-8-4-3-5-9-22/h3-15,20H,16-19H2,1-2H3,(H,28,31). The Morgan fingerprint density at radius 2 is 1.42 bits per heavy atom. The monoisotopic (exact) mass is 443 g/mol. The van der Waals surface area contributed by atoms with Crippen molar-refractivity contribution in [3.05, 3.63) is 90.0 Å². The lowest BCUT2D eigenvalue weighted by atomic mass is 10.1. The second kappa shape index (κ2) is 10.2. The molecule has 0 spiro atoms. The molecule has 1 aliphatic rings. The first-order chi connectivity index (χ1) is 16.0. The van der Waals surface area contributed by atoms with Crippen LogP contribution < -0.4 is 15.0 Å². The van der Waals surface area contributed by atoms with Crippen molar-refractivity contribution in [2.24, 2.45) is 0 Å². The summed E-state index contributed by atoms with van der Waals surface area (Å²) in [5.74, 6) is 0.628. The van der Waals surface area contributed by atoms with Gasteiger partial charge in [0.25, 0.3) is 11.8 Å². The highest BCUT2D eigenvalue weighted by molar-refractivity contribution is 6.06. The number of nitrogens with zero attached hydrogens (tertiary/aromatic N) is 2. The van der Waals surface area contributed by atoms with Crippen LogP contribution in [0, 0.1) is 0 Å². The normalized spacial score (nSPS) is 13.7. The lowest BCUT2D eigenvalue weighted by Gasteiger charge is -2.37. The molecule has 3 aromatic carbocycles. The van der Waals surface area contributed by atoms with Crippen LogP contribution >= 0.6 is 0 Å². The van der Waals surface area contributed by atoms with E-state index in [0.29, 0.717) is 37.3 Å². The predicted molar refractivity (Wildman–Crippen MR) is 131 cm³/mol. The molecule has 6 nitrogen and oxygen atoms in total. The van der Waals surface area contributed by atoms with E-state index in [2.05, 4.69) is 10.2 Å².